The van der Waals surface area contributed by atoms with Gasteiger partial charge in [-0.15, -0.1) is 0 Å². The predicted octanol–water partition coefficient (Wildman–Crippen LogP) is 1.59. The van der Waals surface area contributed by atoms with E-state index in [0.29, 0.717) is 5.92 Å². The van der Waals surface area contributed by atoms with Crippen molar-refractivity contribution < 1.29 is 4.79 Å². The average Bonchev–Trinajstić information content (AvgIpc) is 2.94. The highest BCUT2D eigenvalue weighted by molar-refractivity contribution is 5.82. The van der Waals surface area contributed by atoms with Crippen molar-refractivity contribution in [1.29, 1.82) is 0 Å². The molecule has 2 rings (SSSR count). The Bertz CT molecular complexity index is 446. The third kappa shape index (κ3) is 3.20. The first-order valence-electron chi connectivity index (χ1n) is 7.59. The van der Waals surface area contributed by atoms with Gasteiger partial charge in [0.05, 0.1) is 12.2 Å². The minimum atomic E-state index is -0.366. The molecule has 0 saturated carbocycles. The van der Waals surface area contributed by atoms with Gasteiger partial charge in [0.25, 0.3) is 0 Å². The monoisotopic (exact) mass is 278 g/mol. The summed E-state index contributed by atoms with van der Waals surface area (Å²) in [6.45, 7) is 8.59. The fraction of sp³-hybridized carbons (Fsp3) is 0.733. The van der Waals surface area contributed by atoms with Crippen molar-refractivity contribution in [2.75, 3.05) is 13.1 Å². The molecule has 5 heteroatoms. The lowest BCUT2D eigenvalue weighted by Gasteiger charge is -2.34. The summed E-state index contributed by atoms with van der Waals surface area (Å²) < 4.78 is 1.96. The number of hydrogen-bond donors (Lipinski definition) is 1. The summed E-state index contributed by atoms with van der Waals surface area (Å²) in [6.07, 6.45) is 6.10. The Kier molecular flexibility index (Phi) is 4.81. The molecular weight excluding hydrogens is 252 g/mol. The molecule has 0 aromatic carbocycles. The number of hydrogen-bond acceptors (Lipinski definition) is 3. The molecule has 112 valence electrons. The van der Waals surface area contributed by atoms with Crippen LogP contribution in [0, 0.1) is 5.92 Å². The third-order valence-electron chi connectivity index (χ3n) is 4.26. The fourth-order valence-electron chi connectivity index (χ4n) is 2.69. The van der Waals surface area contributed by atoms with Crippen molar-refractivity contribution in [2.24, 2.45) is 11.7 Å². The zero-order valence-electron chi connectivity index (χ0n) is 12.7. The molecule has 0 spiro atoms. The summed E-state index contributed by atoms with van der Waals surface area (Å²) in [5, 5.41) is 4.33. The van der Waals surface area contributed by atoms with Crippen molar-refractivity contribution in [3.05, 3.63) is 18.0 Å². The number of nitrogens with zero attached hydrogens (tertiary/aromatic N) is 3. The van der Waals surface area contributed by atoms with Crippen LogP contribution in [0.25, 0.3) is 0 Å². The zero-order valence-corrected chi connectivity index (χ0v) is 12.7. The van der Waals surface area contributed by atoms with Crippen molar-refractivity contribution in [3.8, 4) is 0 Å². The maximum absolute atomic E-state index is 12.2. The van der Waals surface area contributed by atoms with Crippen LogP contribution in [0.5, 0.6) is 0 Å². The van der Waals surface area contributed by atoms with Gasteiger partial charge < -0.3 is 10.6 Å². The Labute approximate surface area is 121 Å². The molecule has 2 heterocycles. The van der Waals surface area contributed by atoms with Gasteiger partial charge in [0.15, 0.2) is 0 Å². The van der Waals surface area contributed by atoms with E-state index in [1.165, 1.54) is 5.56 Å². The number of aryl methyl sites for hydroxylation is 1. The lowest BCUT2D eigenvalue weighted by atomic mass is 9.91. The first-order chi connectivity index (χ1) is 9.52. The van der Waals surface area contributed by atoms with E-state index in [4.69, 9.17) is 5.73 Å². The minimum Gasteiger partial charge on any atom is -0.341 e. The summed E-state index contributed by atoms with van der Waals surface area (Å²) >= 11 is 0. The van der Waals surface area contributed by atoms with Gasteiger partial charge in [0.1, 0.15) is 0 Å². The quantitative estimate of drug-likeness (QED) is 0.909. The van der Waals surface area contributed by atoms with Gasteiger partial charge in [-0.25, -0.2) is 0 Å². The average molecular weight is 278 g/mol. The third-order valence-corrected chi connectivity index (χ3v) is 4.26. The molecule has 0 radical (unpaired) electrons. The van der Waals surface area contributed by atoms with Crippen LogP contribution in [-0.2, 0) is 11.3 Å². The molecule has 1 fully saturated rings. The van der Waals surface area contributed by atoms with Gasteiger partial charge in [-0.05, 0) is 37.2 Å². The van der Waals surface area contributed by atoms with E-state index in [0.717, 1.165) is 32.5 Å². The molecule has 1 saturated heterocycles. The SMILES string of the molecule is CCn1cc(C2CCN(C(=O)[C@H](N)C(C)C)CC2)cn1. The van der Waals surface area contributed by atoms with Crippen molar-refractivity contribution in [2.45, 2.75) is 52.1 Å². The minimum absolute atomic E-state index is 0.0997. The van der Waals surface area contributed by atoms with E-state index in [9.17, 15) is 4.79 Å². The molecule has 1 amide bonds. The number of aromatic nitrogens is 2. The predicted molar refractivity (Wildman–Crippen MR) is 79.3 cm³/mol. The number of nitrogens with two attached hydrogens (primary N) is 1. The van der Waals surface area contributed by atoms with E-state index in [1.807, 2.05) is 29.6 Å². The Balaban J connectivity index is 1.90. The maximum Gasteiger partial charge on any atom is 0.239 e. The number of carbonyl (C=O) groups excluding carboxylic acids is 1. The van der Waals surface area contributed by atoms with E-state index in [1.54, 1.807) is 0 Å². The highest BCUT2D eigenvalue weighted by Gasteiger charge is 2.28. The van der Waals surface area contributed by atoms with Crippen LogP contribution in [0.2, 0.25) is 0 Å². The zero-order chi connectivity index (χ0) is 14.7. The lowest BCUT2D eigenvalue weighted by molar-refractivity contribution is -0.134. The summed E-state index contributed by atoms with van der Waals surface area (Å²) in [7, 11) is 0. The molecule has 1 aromatic rings. The van der Waals surface area contributed by atoms with Crippen LogP contribution in [0.15, 0.2) is 12.4 Å². The Morgan fingerprint density at radius 3 is 2.60 bits per heavy atom. The fourth-order valence-corrected chi connectivity index (χ4v) is 2.69. The van der Waals surface area contributed by atoms with Crippen LogP contribution in [0.3, 0.4) is 0 Å². The lowest BCUT2D eigenvalue weighted by Crippen LogP contribution is -2.49. The first-order valence-corrected chi connectivity index (χ1v) is 7.59. The molecule has 0 unspecified atom stereocenters. The second-order valence-electron chi connectivity index (χ2n) is 6.00. The molecular formula is C15H26N4O. The van der Waals surface area contributed by atoms with Gasteiger partial charge in [-0.1, -0.05) is 13.8 Å². The molecule has 1 aromatic heterocycles. The Hall–Kier alpha value is -1.36. The normalized spacial score (nSPS) is 18.6. The molecule has 1 atom stereocenters. The first kappa shape index (κ1) is 15.0. The standard InChI is InChI=1S/C15H26N4O/c1-4-19-10-13(9-17-19)12-5-7-18(8-6-12)15(20)14(16)11(2)3/h9-12,14H,4-8,16H2,1-3H3/t14-/m1/s1. The molecule has 0 aliphatic carbocycles. The van der Waals surface area contributed by atoms with Crippen LogP contribution >= 0.6 is 0 Å². The van der Waals surface area contributed by atoms with Gasteiger partial charge in [0.2, 0.25) is 5.91 Å². The van der Waals surface area contributed by atoms with E-state index < -0.39 is 0 Å². The van der Waals surface area contributed by atoms with Crippen LogP contribution in [-0.4, -0.2) is 39.7 Å². The summed E-state index contributed by atoms with van der Waals surface area (Å²) in [4.78, 5) is 14.1. The highest BCUT2D eigenvalue weighted by Crippen LogP contribution is 2.28. The van der Waals surface area contributed by atoms with Crippen molar-refractivity contribution in [3.63, 3.8) is 0 Å². The van der Waals surface area contributed by atoms with Crippen molar-refractivity contribution in [1.82, 2.24) is 14.7 Å². The molecule has 2 N–H and O–H groups in total. The van der Waals surface area contributed by atoms with E-state index in [-0.39, 0.29) is 17.9 Å². The highest BCUT2D eigenvalue weighted by atomic mass is 16.2. The second-order valence-corrected chi connectivity index (χ2v) is 6.00. The number of piperidine rings is 1. The number of likely N-dealkylation sites (tertiary alicyclic amines) is 1. The van der Waals surface area contributed by atoms with Crippen LogP contribution in [0.4, 0.5) is 0 Å². The molecule has 1 aliphatic heterocycles. The maximum atomic E-state index is 12.2. The summed E-state index contributed by atoms with van der Waals surface area (Å²) in [5.41, 5.74) is 7.25. The smallest absolute Gasteiger partial charge is 0.239 e. The molecule has 1 aliphatic rings. The molecule has 5 nitrogen and oxygen atoms in total. The number of amides is 1. The van der Waals surface area contributed by atoms with Gasteiger partial charge in [0, 0.05) is 25.8 Å². The van der Waals surface area contributed by atoms with Crippen LogP contribution < -0.4 is 5.73 Å². The number of carbonyl (C=O) groups is 1. The summed E-state index contributed by atoms with van der Waals surface area (Å²) in [6, 6.07) is -0.366. The van der Waals surface area contributed by atoms with Gasteiger partial charge in [-0.2, -0.15) is 5.10 Å². The topological polar surface area (TPSA) is 64.2 Å². The number of rotatable bonds is 4. The van der Waals surface area contributed by atoms with Crippen molar-refractivity contribution >= 4 is 5.91 Å². The largest absolute Gasteiger partial charge is 0.341 e. The Morgan fingerprint density at radius 2 is 2.10 bits per heavy atom. The van der Waals surface area contributed by atoms with E-state index >= 15 is 0 Å². The molecule has 20 heavy (non-hydrogen) atoms. The Morgan fingerprint density at radius 1 is 1.45 bits per heavy atom. The second kappa shape index (κ2) is 6.39. The van der Waals surface area contributed by atoms with Crippen LogP contribution in [0.1, 0.15) is 45.1 Å². The van der Waals surface area contributed by atoms with Gasteiger partial charge >= 0.3 is 0 Å². The summed E-state index contributed by atoms with van der Waals surface area (Å²) in [5.74, 6) is 0.820. The molecule has 0 bridgehead atoms. The van der Waals surface area contributed by atoms with E-state index in [2.05, 4.69) is 18.2 Å². The van der Waals surface area contributed by atoms with Gasteiger partial charge in [-0.3, -0.25) is 9.48 Å².